The number of amides is 3. The summed E-state index contributed by atoms with van der Waals surface area (Å²) in [6, 6.07) is 5.48. The normalized spacial score (nSPS) is 21.4. The summed E-state index contributed by atoms with van der Waals surface area (Å²) >= 11 is 0. The monoisotopic (exact) mass is 273 g/mol. The molecule has 1 N–H and O–H groups in total. The van der Waals surface area contributed by atoms with E-state index in [-0.39, 0.29) is 11.9 Å². The van der Waals surface area contributed by atoms with E-state index in [2.05, 4.69) is 10.3 Å². The first-order valence-electron chi connectivity index (χ1n) is 7.17. The van der Waals surface area contributed by atoms with E-state index in [1.165, 1.54) is 0 Å². The van der Waals surface area contributed by atoms with Crippen LogP contribution in [-0.4, -0.2) is 27.4 Å². The molecule has 0 aromatic carbocycles. The van der Waals surface area contributed by atoms with Crippen molar-refractivity contribution in [3.05, 3.63) is 29.6 Å². The predicted octanol–water partition coefficient (Wildman–Crippen LogP) is 2.14. The lowest BCUT2D eigenvalue weighted by molar-refractivity contribution is -0.128. The van der Waals surface area contributed by atoms with Gasteiger partial charge in [-0.15, -0.1) is 0 Å². The maximum atomic E-state index is 12.2. The summed E-state index contributed by atoms with van der Waals surface area (Å²) in [7, 11) is 0. The van der Waals surface area contributed by atoms with Crippen molar-refractivity contribution in [3.8, 4) is 0 Å². The average molecular weight is 273 g/mol. The van der Waals surface area contributed by atoms with E-state index in [1.807, 2.05) is 25.1 Å². The van der Waals surface area contributed by atoms with Gasteiger partial charge in [-0.2, -0.15) is 0 Å². The van der Waals surface area contributed by atoms with Gasteiger partial charge in [-0.3, -0.25) is 15.1 Å². The molecule has 1 spiro atoms. The molecule has 0 radical (unpaired) electrons. The van der Waals surface area contributed by atoms with Gasteiger partial charge in [-0.25, -0.2) is 4.79 Å². The topological polar surface area (TPSA) is 62.3 Å². The third kappa shape index (κ3) is 2.07. The van der Waals surface area contributed by atoms with Crippen LogP contribution in [0, 0.1) is 6.92 Å². The van der Waals surface area contributed by atoms with Gasteiger partial charge >= 0.3 is 6.03 Å². The van der Waals surface area contributed by atoms with Gasteiger partial charge in [0.25, 0.3) is 5.91 Å². The van der Waals surface area contributed by atoms with Crippen LogP contribution in [0.4, 0.5) is 4.79 Å². The Balaban J connectivity index is 1.89. The van der Waals surface area contributed by atoms with Crippen molar-refractivity contribution in [2.24, 2.45) is 0 Å². The Morgan fingerprint density at radius 1 is 1.25 bits per heavy atom. The average Bonchev–Trinajstić information content (AvgIpc) is 2.65. The molecule has 5 heteroatoms. The number of hydrogen-bond acceptors (Lipinski definition) is 3. The Kier molecular flexibility index (Phi) is 3.20. The molecule has 3 amide bonds. The predicted molar refractivity (Wildman–Crippen MR) is 73.9 cm³/mol. The van der Waals surface area contributed by atoms with E-state index in [9.17, 15) is 9.59 Å². The summed E-state index contributed by atoms with van der Waals surface area (Å²) in [6.07, 6.45) is 4.66. The number of pyridine rings is 1. The van der Waals surface area contributed by atoms with E-state index in [0.717, 1.165) is 43.5 Å². The summed E-state index contributed by atoms with van der Waals surface area (Å²) in [5, 5.41) is 2.48. The number of aromatic nitrogens is 1. The number of rotatable bonds is 2. The Morgan fingerprint density at radius 2 is 2.00 bits per heavy atom. The molecule has 0 bridgehead atoms. The SMILES string of the molecule is Cc1cccc(CN2C(=O)NC(=O)C23CCCCC3)n1. The number of urea groups is 1. The zero-order valence-corrected chi connectivity index (χ0v) is 11.7. The lowest BCUT2D eigenvalue weighted by atomic mass is 9.80. The van der Waals surface area contributed by atoms with Crippen LogP contribution >= 0.6 is 0 Å². The Morgan fingerprint density at radius 3 is 2.70 bits per heavy atom. The van der Waals surface area contributed by atoms with Gasteiger partial charge in [0.15, 0.2) is 0 Å². The molecule has 1 aliphatic heterocycles. The van der Waals surface area contributed by atoms with Gasteiger partial charge in [-0.05, 0) is 31.9 Å². The summed E-state index contributed by atoms with van der Waals surface area (Å²) < 4.78 is 0. The van der Waals surface area contributed by atoms with Crippen molar-refractivity contribution < 1.29 is 9.59 Å². The first kappa shape index (κ1) is 13.1. The second kappa shape index (κ2) is 4.89. The number of aryl methyl sites for hydroxylation is 1. The number of carbonyl (C=O) groups is 2. The minimum Gasteiger partial charge on any atom is -0.304 e. The number of hydrogen-bond donors (Lipinski definition) is 1. The van der Waals surface area contributed by atoms with Gasteiger partial charge in [0.1, 0.15) is 5.54 Å². The van der Waals surface area contributed by atoms with E-state index >= 15 is 0 Å². The smallest absolute Gasteiger partial charge is 0.304 e. The molecule has 0 atom stereocenters. The molecule has 1 aromatic rings. The van der Waals surface area contributed by atoms with Crippen LogP contribution in [0.1, 0.15) is 43.5 Å². The fourth-order valence-electron chi connectivity index (χ4n) is 3.30. The van der Waals surface area contributed by atoms with Gasteiger partial charge < -0.3 is 4.90 Å². The molecule has 2 fully saturated rings. The molecule has 1 aromatic heterocycles. The highest BCUT2D eigenvalue weighted by molar-refractivity contribution is 6.07. The quantitative estimate of drug-likeness (QED) is 0.840. The summed E-state index contributed by atoms with van der Waals surface area (Å²) in [5.41, 5.74) is 1.12. The lowest BCUT2D eigenvalue weighted by Crippen LogP contribution is -2.50. The lowest BCUT2D eigenvalue weighted by Gasteiger charge is -2.38. The first-order valence-corrected chi connectivity index (χ1v) is 7.17. The van der Waals surface area contributed by atoms with Crippen LogP contribution in [0.15, 0.2) is 18.2 Å². The Labute approximate surface area is 118 Å². The number of nitrogens with zero attached hydrogens (tertiary/aromatic N) is 2. The zero-order chi connectivity index (χ0) is 14.2. The van der Waals surface area contributed by atoms with Crippen LogP contribution in [-0.2, 0) is 11.3 Å². The summed E-state index contributed by atoms with van der Waals surface area (Å²) in [6.45, 7) is 2.33. The molecule has 20 heavy (non-hydrogen) atoms. The number of nitrogens with one attached hydrogen (secondary N) is 1. The van der Waals surface area contributed by atoms with Gasteiger partial charge in [0.05, 0.1) is 12.2 Å². The minimum atomic E-state index is -0.638. The molecule has 1 saturated carbocycles. The van der Waals surface area contributed by atoms with Gasteiger partial charge in [-0.1, -0.05) is 25.3 Å². The third-order valence-corrected chi connectivity index (χ3v) is 4.35. The highest BCUT2D eigenvalue weighted by atomic mass is 16.2. The van der Waals surface area contributed by atoms with Crippen molar-refractivity contribution in [1.82, 2.24) is 15.2 Å². The van der Waals surface area contributed by atoms with Crippen molar-refractivity contribution in [3.63, 3.8) is 0 Å². The van der Waals surface area contributed by atoms with Crippen LogP contribution in [0.25, 0.3) is 0 Å². The zero-order valence-electron chi connectivity index (χ0n) is 11.7. The van der Waals surface area contributed by atoms with E-state index in [0.29, 0.717) is 6.54 Å². The molecular formula is C15H19N3O2. The molecule has 3 rings (SSSR count). The van der Waals surface area contributed by atoms with Crippen molar-refractivity contribution in [1.29, 1.82) is 0 Å². The molecule has 106 valence electrons. The van der Waals surface area contributed by atoms with E-state index in [1.54, 1.807) is 4.90 Å². The summed E-state index contributed by atoms with van der Waals surface area (Å²) in [4.78, 5) is 30.5. The first-order chi connectivity index (χ1) is 9.62. The van der Waals surface area contributed by atoms with E-state index < -0.39 is 5.54 Å². The second-order valence-electron chi connectivity index (χ2n) is 5.71. The van der Waals surface area contributed by atoms with E-state index in [4.69, 9.17) is 0 Å². The molecule has 2 aliphatic rings. The largest absolute Gasteiger partial charge is 0.325 e. The minimum absolute atomic E-state index is 0.130. The Hall–Kier alpha value is -1.91. The molecule has 2 heterocycles. The molecular weight excluding hydrogens is 254 g/mol. The standard InChI is InChI=1S/C15H19N3O2/c1-11-6-5-7-12(16-11)10-18-14(20)17-13(19)15(18)8-3-2-4-9-15/h5-7H,2-4,8-10H2,1H3,(H,17,19,20). The van der Waals surface area contributed by atoms with Crippen LogP contribution in [0.5, 0.6) is 0 Å². The van der Waals surface area contributed by atoms with Gasteiger partial charge in [0, 0.05) is 5.69 Å². The van der Waals surface area contributed by atoms with Gasteiger partial charge in [0.2, 0.25) is 0 Å². The van der Waals surface area contributed by atoms with Crippen molar-refractivity contribution >= 4 is 11.9 Å². The second-order valence-corrected chi connectivity index (χ2v) is 5.71. The summed E-state index contributed by atoms with van der Waals surface area (Å²) in [5.74, 6) is -0.130. The molecule has 5 nitrogen and oxygen atoms in total. The number of imide groups is 1. The van der Waals surface area contributed by atoms with Crippen molar-refractivity contribution in [2.45, 2.75) is 51.1 Å². The highest BCUT2D eigenvalue weighted by Crippen LogP contribution is 2.37. The Bertz CT molecular complexity index is 550. The van der Waals surface area contributed by atoms with Crippen LogP contribution in [0.3, 0.4) is 0 Å². The highest BCUT2D eigenvalue weighted by Gasteiger charge is 2.52. The van der Waals surface area contributed by atoms with Crippen LogP contribution < -0.4 is 5.32 Å². The van der Waals surface area contributed by atoms with Crippen molar-refractivity contribution in [2.75, 3.05) is 0 Å². The molecule has 0 unspecified atom stereocenters. The molecule has 1 saturated heterocycles. The maximum absolute atomic E-state index is 12.2. The maximum Gasteiger partial charge on any atom is 0.325 e. The fraction of sp³-hybridized carbons (Fsp3) is 0.533. The third-order valence-electron chi connectivity index (χ3n) is 4.35. The fourth-order valence-corrected chi connectivity index (χ4v) is 3.30. The number of carbonyl (C=O) groups excluding carboxylic acids is 2. The van der Waals surface area contributed by atoms with Crippen LogP contribution in [0.2, 0.25) is 0 Å². The molecule has 1 aliphatic carbocycles.